The molecule has 0 aromatic rings. The first-order valence-corrected chi connectivity index (χ1v) is 6.51. The Balaban J connectivity index is 0. The highest BCUT2D eigenvalue weighted by molar-refractivity contribution is 4.72. The predicted molar refractivity (Wildman–Crippen MR) is 68.7 cm³/mol. The van der Waals surface area contributed by atoms with E-state index in [0.717, 1.165) is 5.92 Å². The van der Waals surface area contributed by atoms with Crippen molar-refractivity contribution in [1.29, 1.82) is 0 Å². The van der Waals surface area contributed by atoms with Gasteiger partial charge in [0.25, 0.3) is 0 Å². The molecule has 0 nitrogen and oxygen atoms in total. The number of rotatable bonds is 5. The van der Waals surface area contributed by atoms with Crippen molar-refractivity contribution in [3.05, 3.63) is 0 Å². The Bertz CT molecular complexity index is 81.1. The van der Waals surface area contributed by atoms with Crippen molar-refractivity contribution in [1.82, 2.24) is 0 Å². The van der Waals surface area contributed by atoms with E-state index in [1.165, 1.54) is 32.1 Å². The summed E-state index contributed by atoms with van der Waals surface area (Å²) in [7, 11) is 0. The highest BCUT2D eigenvalue weighted by Crippen LogP contribution is 2.33. The quantitative estimate of drug-likeness (QED) is 0.537. The smallest absolute Gasteiger partial charge is 0.0308 e. The van der Waals surface area contributed by atoms with Gasteiger partial charge < -0.3 is 0 Å². The summed E-state index contributed by atoms with van der Waals surface area (Å²) >= 11 is 0. The largest absolute Gasteiger partial charge is 0.0651 e. The molecule has 0 N–H and O–H groups in total. The van der Waals surface area contributed by atoms with Crippen molar-refractivity contribution < 1.29 is 0 Å². The lowest BCUT2D eigenvalue weighted by Gasteiger charge is -2.28. The molecule has 0 saturated heterocycles. The van der Waals surface area contributed by atoms with E-state index in [-0.39, 0.29) is 0 Å². The third-order valence-electron chi connectivity index (χ3n) is 3.82. The van der Waals surface area contributed by atoms with Crippen molar-refractivity contribution in [3.63, 3.8) is 0 Å². The summed E-state index contributed by atoms with van der Waals surface area (Å²) in [4.78, 5) is 0. The van der Waals surface area contributed by atoms with Crippen molar-refractivity contribution in [2.24, 2.45) is 11.3 Å². The molecule has 14 heavy (non-hydrogen) atoms. The average Bonchev–Trinajstić information content (AvgIpc) is 2.23. The second-order valence-electron chi connectivity index (χ2n) is 4.72. The third kappa shape index (κ3) is 7.41. The molecule has 0 spiro atoms. The van der Waals surface area contributed by atoms with Gasteiger partial charge in [0.15, 0.2) is 0 Å². The van der Waals surface area contributed by atoms with Crippen LogP contribution in [0.25, 0.3) is 0 Å². The van der Waals surface area contributed by atoms with Crippen molar-refractivity contribution in [3.8, 4) is 0 Å². The number of hydrogen-bond donors (Lipinski definition) is 0. The molecule has 0 fully saturated rings. The van der Waals surface area contributed by atoms with Crippen LogP contribution in [-0.2, 0) is 0 Å². The van der Waals surface area contributed by atoms with Crippen molar-refractivity contribution >= 4 is 0 Å². The first-order chi connectivity index (χ1) is 6.51. The normalized spacial score (nSPS) is 11.1. The van der Waals surface area contributed by atoms with Gasteiger partial charge >= 0.3 is 0 Å². The third-order valence-corrected chi connectivity index (χ3v) is 3.82. The van der Waals surface area contributed by atoms with Gasteiger partial charge in [0, 0.05) is 0 Å². The van der Waals surface area contributed by atoms with Crippen LogP contribution in [0.2, 0.25) is 0 Å². The summed E-state index contributed by atoms with van der Waals surface area (Å²) < 4.78 is 0. The fraction of sp³-hybridized carbons (Fsp3) is 1.00. The van der Waals surface area contributed by atoms with Crippen molar-refractivity contribution in [2.75, 3.05) is 0 Å². The van der Waals surface area contributed by atoms with Crippen LogP contribution in [0, 0.1) is 11.3 Å². The Labute approximate surface area is 92.5 Å². The Morgan fingerprint density at radius 3 is 0.929 bits per heavy atom. The summed E-state index contributed by atoms with van der Waals surface area (Å²) in [5.41, 5.74) is 0.667. The van der Waals surface area contributed by atoms with Crippen LogP contribution in [0.4, 0.5) is 0 Å². The molecule has 88 valence electrons. The Kier molecular flexibility index (Phi) is 11.2. The summed E-state index contributed by atoms with van der Waals surface area (Å²) in [6, 6.07) is 0. The minimum atomic E-state index is 0.667. The van der Waals surface area contributed by atoms with Crippen LogP contribution < -0.4 is 0 Å². The van der Waals surface area contributed by atoms with E-state index in [2.05, 4.69) is 48.5 Å². The first kappa shape index (κ1) is 16.4. The topological polar surface area (TPSA) is 0 Å². The zero-order valence-electron chi connectivity index (χ0n) is 11.6. The molecule has 0 atom stereocenters. The fourth-order valence-corrected chi connectivity index (χ4v) is 1.50. The van der Waals surface area contributed by atoms with Crippen LogP contribution in [0.1, 0.15) is 80.6 Å². The fourth-order valence-electron chi connectivity index (χ4n) is 1.50. The van der Waals surface area contributed by atoms with Gasteiger partial charge in [0.2, 0.25) is 0 Å². The summed E-state index contributed by atoms with van der Waals surface area (Å²) in [6.45, 7) is 15.9. The molecule has 0 heteroatoms. The lowest BCUT2D eigenvalue weighted by atomic mass is 9.78. The van der Waals surface area contributed by atoms with Gasteiger partial charge in [-0.25, -0.2) is 0 Å². The maximum atomic E-state index is 2.30. The summed E-state index contributed by atoms with van der Waals surface area (Å²) in [5, 5.41) is 0. The van der Waals surface area contributed by atoms with Gasteiger partial charge in [-0.2, -0.15) is 0 Å². The molecule has 0 saturated carbocycles. The predicted octanol–water partition coefficient (Wildman–Crippen LogP) is 5.67. The van der Waals surface area contributed by atoms with E-state index >= 15 is 0 Å². The highest BCUT2D eigenvalue weighted by atomic mass is 14.3. The minimum Gasteiger partial charge on any atom is -0.0651 e. The SMILES string of the molecule is CCC(C)C.CCC(CC)(CC)CC. The molecule has 0 radical (unpaired) electrons. The molecule has 0 aromatic heterocycles. The molecule has 0 amide bonds. The standard InChI is InChI=1S/C9H20.C5H12/c1-5-9(6-2,7-3)8-4;1-4-5(2)3/h5-8H2,1-4H3;5H,4H2,1-3H3. The van der Waals surface area contributed by atoms with Crippen molar-refractivity contribution in [2.45, 2.75) is 80.6 Å². The molecule has 0 aliphatic carbocycles. The van der Waals surface area contributed by atoms with E-state index in [4.69, 9.17) is 0 Å². The van der Waals surface area contributed by atoms with Gasteiger partial charge in [-0.05, 0) is 11.3 Å². The zero-order chi connectivity index (χ0) is 11.6. The first-order valence-electron chi connectivity index (χ1n) is 6.51. The average molecular weight is 200 g/mol. The van der Waals surface area contributed by atoms with Gasteiger partial charge in [-0.3, -0.25) is 0 Å². The Hall–Kier alpha value is 0. The monoisotopic (exact) mass is 200 g/mol. The molecular formula is C14H32. The Morgan fingerprint density at radius 2 is 0.929 bits per heavy atom. The summed E-state index contributed by atoms with van der Waals surface area (Å²) in [6.07, 6.45) is 6.68. The minimum absolute atomic E-state index is 0.667. The molecule has 0 heterocycles. The van der Waals surface area contributed by atoms with E-state index in [9.17, 15) is 0 Å². The van der Waals surface area contributed by atoms with E-state index in [0.29, 0.717) is 5.41 Å². The van der Waals surface area contributed by atoms with Crippen LogP contribution >= 0.6 is 0 Å². The number of hydrogen-bond acceptors (Lipinski definition) is 0. The second-order valence-corrected chi connectivity index (χ2v) is 4.72. The molecule has 0 aliphatic heterocycles. The molecular weight excluding hydrogens is 168 g/mol. The lowest BCUT2D eigenvalue weighted by molar-refractivity contribution is 0.240. The van der Waals surface area contributed by atoms with E-state index < -0.39 is 0 Å². The molecule has 0 rings (SSSR count). The van der Waals surface area contributed by atoms with Crippen LogP contribution in [0.15, 0.2) is 0 Å². The van der Waals surface area contributed by atoms with E-state index in [1.54, 1.807) is 0 Å². The lowest BCUT2D eigenvalue weighted by Crippen LogP contribution is -2.15. The maximum Gasteiger partial charge on any atom is -0.0308 e. The zero-order valence-corrected chi connectivity index (χ0v) is 11.6. The van der Waals surface area contributed by atoms with Gasteiger partial charge in [0.1, 0.15) is 0 Å². The van der Waals surface area contributed by atoms with Gasteiger partial charge in [-0.1, -0.05) is 80.6 Å². The second kappa shape index (κ2) is 9.55. The Morgan fingerprint density at radius 1 is 0.714 bits per heavy atom. The van der Waals surface area contributed by atoms with Gasteiger partial charge in [0.05, 0.1) is 0 Å². The maximum absolute atomic E-state index is 2.30. The highest BCUT2D eigenvalue weighted by Gasteiger charge is 2.20. The molecule has 0 aromatic carbocycles. The van der Waals surface area contributed by atoms with Crippen LogP contribution in [0.3, 0.4) is 0 Å². The summed E-state index contributed by atoms with van der Waals surface area (Å²) in [5.74, 6) is 0.884. The molecule has 0 bridgehead atoms. The molecule has 0 aliphatic rings. The van der Waals surface area contributed by atoms with Gasteiger partial charge in [-0.15, -0.1) is 0 Å². The van der Waals surface area contributed by atoms with E-state index in [1.807, 2.05) is 0 Å². The van der Waals surface area contributed by atoms with Crippen LogP contribution in [-0.4, -0.2) is 0 Å². The van der Waals surface area contributed by atoms with Crippen LogP contribution in [0.5, 0.6) is 0 Å². The molecule has 0 unspecified atom stereocenters.